The van der Waals surface area contributed by atoms with E-state index in [1.807, 2.05) is 42.5 Å². The molecule has 0 saturated carbocycles. The van der Waals surface area contributed by atoms with Crippen LogP contribution in [-0.4, -0.2) is 27.6 Å². The largest absolute Gasteiger partial charge is 0.480 e. The van der Waals surface area contributed by atoms with Crippen molar-refractivity contribution >= 4 is 35.0 Å². The first-order valence-electron chi connectivity index (χ1n) is 7.53. The molecule has 25 heavy (non-hydrogen) atoms. The van der Waals surface area contributed by atoms with Crippen molar-refractivity contribution in [2.45, 2.75) is 0 Å². The van der Waals surface area contributed by atoms with Gasteiger partial charge < -0.3 is 15.7 Å². The average Bonchev–Trinajstić information content (AvgIpc) is 2.60. The lowest BCUT2D eigenvalue weighted by Crippen LogP contribution is -2.15. The monoisotopic (exact) mass is 354 g/mol. The number of nitrogens with zero attached hydrogens (tertiary/aromatic N) is 2. The van der Waals surface area contributed by atoms with Crippen LogP contribution in [0.2, 0.25) is 5.02 Å². The fourth-order valence-electron chi connectivity index (χ4n) is 2.22. The summed E-state index contributed by atoms with van der Waals surface area (Å²) in [6.07, 6.45) is 0. The summed E-state index contributed by atoms with van der Waals surface area (Å²) in [6, 6.07) is 18.6. The molecule has 6 nitrogen and oxygen atoms in total. The number of hydrogen-bond donors (Lipinski definition) is 3. The molecule has 7 heteroatoms. The molecule has 3 N–H and O–H groups in total. The van der Waals surface area contributed by atoms with Crippen LogP contribution < -0.4 is 10.6 Å². The molecule has 0 radical (unpaired) electrons. The van der Waals surface area contributed by atoms with Crippen molar-refractivity contribution in [3.63, 3.8) is 0 Å². The van der Waals surface area contributed by atoms with Gasteiger partial charge in [0.05, 0.1) is 5.69 Å². The Morgan fingerprint density at radius 2 is 1.84 bits per heavy atom. The molecule has 0 amide bonds. The second-order valence-corrected chi connectivity index (χ2v) is 5.65. The van der Waals surface area contributed by atoms with Gasteiger partial charge >= 0.3 is 5.97 Å². The summed E-state index contributed by atoms with van der Waals surface area (Å²) < 4.78 is 0. The van der Waals surface area contributed by atoms with Crippen molar-refractivity contribution in [3.05, 3.63) is 65.7 Å². The highest BCUT2D eigenvalue weighted by molar-refractivity contribution is 6.30. The first kappa shape index (κ1) is 16.7. The average molecular weight is 355 g/mol. The minimum absolute atomic E-state index is 0.230. The SMILES string of the molecule is O=C(O)CNc1nc(Nc2cccc(Cl)c2)cc(-c2ccccc2)n1. The Bertz CT molecular complexity index is 887. The van der Waals surface area contributed by atoms with Crippen LogP contribution in [0.3, 0.4) is 0 Å². The fraction of sp³-hybridized carbons (Fsp3) is 0.0556. The van der Waals surface area contributed by atoms with Gasteiger partial charge in [0.1, 0.15) is 12.4 Å². The third-order valence-electron chi connectivity index (χ3n) is 3.29. The van der Waals surface area contributed by atoms with E-state index in [1.54, 1.807) is 18.2 Å². The number of carboxylic acids is 1. The Kier molecular flexibility index (Phi) is 5.11. The number of anilines is 3. The van der Waals surface area contributed by atoms with Gasteiger partial charge in [-0.15, -0.1) is 0 Å². The van der Waals surface area contributed by atoms with E-state index in [0.29, 0.717) is 16.5 Å². The predicted octanol–water partition coefficient (Wildman–Crippen LogP) is 4.04. The first-order valence-corrected chi connectivity index (χ1v) is 7.91. The van der Waals surface area contributed by atoms with E-state index in [2.05, 4.69) is 20.6 Å². The number of aliphatic carboxylic acids is 1. The smallest absolute Gasteiger partial charge is 0.322 e. The maximum absolute atomic E-state index is 10.8. The number of hydrogen-bond acceptors (Lipinski definition) is 5. The molecule has 0 unspecified atom stereocenters. The Balaban J connectivity index is 1.95. The van der Waals surface area contributed by atoms with Crippen molar-refractivity contribution in [2.24, 2.45) is 0 Å². The van der Waals surface area contributed by atoms with Gasteiger partial charge in [-0.2, -0.15) is 4.98 Å². The number of halogens is 1. The third-order valence-corrected chi connectivity index (χ3v) is 3.53. The highest BCUT2D eigenvalue weighted by Gasteiger charge is 2.08. The lowest BCUT2D eigenvalue weighted by atomic mass is 10.1. The van der Waals surface area contributed by atoms with Gasteiger partial charge in [-0.25, -0.2) is 4.98 Å². The minimum Gasteiger partial charge on any atom is -0.480 e. The number of aromatic nitrogens is 2. The lowest BCUT2D eigenvalue weighted by molar-refractivity contribution is -0.134. The Morgan fingerprint density at radius 1 is 1.04 bits per heavy atom. The van der Waals surface area contributed by atoms with E-state index in [-0.39, 0.29) is 12.5 Å². The summed E-state index contributed by atoms with van der Waals surface area (Å²) >= 11 is 6.00. The van der Waals surface area contributed by atoms with Crippen LogP contribution in [0.1, 0.15) is 0 Å². The normalized spacial score (nSPS) is 10.3. The van der Waals surface area contributed by atoms with Gasteiger partial charge in [0.25, 0.3) is 0 Å². The van der Waals surface area contributed by atoms with Crippen LogP contribution in [0, 0.1) is 0 Å². The van der Waals surface area contributed by atoms with Gasteiger partial charge in [-0.1, -0.05) is 48.0 Å². The Hall–Kier alpha value is -3.12. The molecule has 3 rings (SSSR count). The molecule has 126 valence electrons. The van der Waals surface area contributed by atoms with Crippen LogP contribution in [-0.2, 0) is 4.79 Å². The molecule has 2 aromatic carbocycles. The van der Waals surface area contributed by atoms with Crippen LogP contribution in [0.5, 0.6) is 0 Å². The predicted molar refractivity (Wildman–Crippen MR) is 98.3 cm³/mol. The summed E-state index contributed by atoms with van der Waals surface area (Å²) in [7, 11) is 0. The van der Waals surface area contributed by atoms with Crippen LogP contribution in [0.15, 0.2) is 60.7 Å². The number of carboxylic acid groups (broad SMARTS) is 1. The van der Waals surface area contributed by atoms with Crippen molar-refractivity contribution in [3.8, 4) is 11.3 Å². The molecule has 0 aliphatic rings. The van der Waals surface area contributed by atoms with Crippen LogP contribution >= 0.6 is 11.6 Å². The summed E-state index contributed by atoms with van der Waals surface area (Å²) in [6.45, 7) is -0.269. The number of carbonyl (C=O) groups is 1. The summed E-state index contributed by atoms with van der Waals surface area (Å²) in [5.41, 5.74) is 2.35. The molecule has 0 saturated heterocycles. The van der Waals surface area contributed by atoms with Crippen LogP contribution in [0.25, 0.3) is 11.3 Å². The van der Waals surface area contributed by atoms with Crippen molar-refractivity contribution in [2.75, 3.05) is 17.2 Å². The molecule has 3 aromatic rings. The van der Waals surface area contributed by atoms with Gasteiger partial charge in [0.15, 0.2) is 0 Å². The van der Waals surface area contributed by atoms with E-state index >= 15 is 0 Å². The lowest BCUT2D eigenvalue weighted by Gasteiger charge is -2.11. The highest BCUT2D eigenvalue weighted by Crippen LogP contribution is 2.24. The number of benzene rings is 2. The van der Waals surface area contributed by atoms with E-state index in [4.69, 9.17) is 16.7 Å². The molecule has 0 atom stereocenters. The van der Waals surface area contributed by atoms with Crippen LogP contribution in [0.4, 0.5) is 17.5 Å². The zero-order chi connectivity index (χ0) is 17.6. The second-order valence-electron chi connectivity index (χ2n) is 5.21. The Labute approximate surface area is 149 Å². The van der Waals surface area contributed by atoms with Crippen molar-refractivity contribution in [1.29, 1.82) is 0 Å². The maximum Gasteiger partial charge on any atom is 0.322 e. The maximum atomic E-state index is 10.8. The standard InChI is InChI=1S/C18H15ClN4O2/c19-13-7-4-8-14(9-13)21-16-10-15(12-5-2-1-3-6-12)22-18(23-16)20-11-17(24)25/h1-10H,11H2,(H,24,25)(H2,20,21,22,23). The quantitative estimate of drug-likeness (QED) is 0.619. The van der Waals surface area contributed by atoms with Gasteiger partial charge in [0, 0.05) is 22.3 Å². The topological polar surface area (TPSA) is 87.1 Å². The molecule has 0 bridgehead atoms. The van der Waals surface area contributed by atoms with Crippen molar-refractivity contribution < 1.29 is 9.90 Å². The molecule has 0 aliphatic heterocycles. The molecule has 1 aromatic heterocycles. The molecule has 0 spiro atoms. The second kappa shape index (κ2) is 7.63. The molecular formula is C18H15ClN4O2. The van der Waals surface area contributed by atoms with E-state index < -0.39 is 5.97 Å². The zero-order valence-electron chi connectivity index (χ0n) is 13.1. The summed E-state index contributed by atoms with van der Waals surface area (Å²) in [5.74, 6) is -0.227. The van der Waals surface area contributed by atoms with Gasteiger partial charge in [0.2, 0.25) is 5.95 Å². The summed E-state index contributed by atoms with van der Waals surface area (Å²) in [5, 5.41) is 15.3. The minimum atomic E-state index is -0.988. The first-order chi connectivity index (χ1) is 12.1. The fourth-order valence-corrected chi connectivity index (χ4v) is 2.41. The van der Waals surface area contributed by atoms with Gasteiger partial charge in [-0.3, -0.25) is 4.79 Å². The van der Waals surface area contributed by atoms with E-state index in [0.717, 1.165) is 11.3 Å². The number of nitrogens with one attached hydrogen (secondary N) is 2. The summed E-state index contributed by atoms with van der Waals surface area (Å²) in [4.78, 5) is 19.5. The number of rotatable bonds is 6. The third kappa shape index (κ3) is 4.68. The van der Waals surface area contributed by atoms with Gasteiger partial charge in [-0.05, 0) is 18.2 Å². The molecular weight excluding hydrogens is 340 g/mol. The molecule has 0 aliphatic carbocycles. The zero-order valence-corrected chi connectivity index (χ0v) is 13.9. The van der Waals surface area contributed by atoms with Crippen molar-refractivity contribution in [1.82, 2.24) is 9.97 Å². The molecule has 0 fully saturated rings. The van der Waals surface area contributed by atoms with E-state index in [9.17, 15) is 4.79 Å². The van der Waals surface area contributed by atoms with E-state index in [1.165, 1.54) is 0 Å². The highest BCUT2D eigenvalue weighted by atomic mass is 35.5. The Morgan fingerprint density at radius 3 is 2.56 bits per heavy atom. The molecule has 1 heterocycles.